The highest BCUT2D eigenvalue weighted by molar-refractivity contribution is 6.06. The molecule has 6 fully saturated rings. The molecule has 0 spiro atoms. The summed E-state index contributed by atoms with van der Waals surface area (Å²) in [4.78, 5) is 0. The Balaban J connectivity index is 1.15. The van der Waals surface area contributed by atoms with Crippen LogP contribution in [0.3, 0.4) is 0 Å². The van der Waals surface area contributed by atoms with Crippen LogP contribution in [-0.2, 0) is 0 Å². The van der Waals surface area contributed by atoms with Crippen molar-refractivity contribution >= 4 is 0 Å². The van der Waals surface area contributed by atoms with Crippen LogP contribution in [0.4, 0.5) is 0 Å². The molecular weight excluding hydrogens is 961 g/mol. The zero-order chi connectivity index (χ0) is 53.8. The Hall–Kier alpha value is -5.46. The average molecular weight is 1060 g/mol. The van der Waals surface area contributed by atoms with Crippen molar-refractivity contribution in [2.45, 2.75) is 242 Å². The molecule has 6 aliphatic carbocycles. The second-order valence-corrected chi connectivity index (χ2v) is 26.8. The van der Waals surface area contributed by atoms with E-state index in [9.17, 15) is 0 Å². The van der Waals surface area contributed by atoms with Crippen molar-refractivity contribution in [3.8, 4) is 66.8 Å². The third-order valence-electron chi connectivity index (χ3n) is 21.8. The summed E-state index contributed by atoms with van der Waals surface area (Å²) >= 11 is 0. The monoisotopic (exact) mass is 1050 g/mol. The Labute approximate surface area is 484 Å². The molecule has 0 aromatic heterocycles. The van der Waals surface area contributed by atoms with Gasteiger partial charge in [-0.2, -0.15) is 0 Å². The van der Waals surface area contributed by atoms with E-state index in [0.717, 1.165) is 0 Å². The van der Waals surface area contributed by atoms with Gasteiger partial charge in [-0.3, -0.25) is 0 Å². The molecule has 0 saturated heterocycles. The van der Waals surface area contributed by atoms with Gasteiger partial charge < -0.3 is 0 Å². The lowest BCUT2D eigenvalue weighted by molar-refractivity contribution is 0.435. The van der Waals surface area contributed by atoms with Crippen LogP contribution in [0.25, 0.3) is 66.8 Å². The summed E-state index contributed by atoms with van der Waals surface area (Å²) in [5.74, 6) is 3.72. The zero-order valence-corrected chi connectivity index (χ0v) is 49.4. The lowest BCUT2D eigenvalue weighted by Crippen LogP contribution is -2.10. The quantitative estimate of drug-likeness (QED) is 0.114. The largest absolute Gasteiger partial charge is 0.0619 e. The van der Waals surface area contributed by atoms with E-state index in [0.29, 0.717) is 35.5 Å². The maximum Gasteiger partial charge on any atom is -0.00606 e. The van der Waals surface area contributed by atoms with Crippen LogP contribution in [0.5, 0.6) is 0 Å². The fourth-order valence-corrected chi connectivity index (χ4v) is 17.6. The molecule has 7 aromatic rings. The smallest absolute Gasteiger partial charge is 0.00606 e. The molecule has 414 valence electrons. The average Bonchev–Trinajstić information content (AvgIpc) is 3.61. The van der Waals surface area contributed by atoms with Crippen molar-refractivity contribution in [3.63, 3.8) is 0 Å². The van der Waals surface area contributed by atoms with Gasteiger partial charge in [0.25, 0.3) is 0 Å². The molecule has 0 radical (unpaired) electrons. The van der Waals surface area contributed by atoms with Crippen LogP contribution in [0.1, 0.15) is 273 Å². The molecule has 0 N–H and O–H groups in total. The number of benzene rings is 7. The van der Waals surface area contributed by atoms with Crippen molar-refractivity contribution in [2.24, 2.45) is 0 Å². The van der Waals surface area contributed by atoms with Crippen LogP contribution in [0.15, 0.2) is 133 Å². The molecule has 0 unspecified atom stereocenters. The first-order valence-electron chi connectivity index (χ1n) is 33.4. The molecule has 80 heavy (non-hydrogen) atoms. The van der Waals surface area contributed by atoms with Crippen molar-refractivity contribution in [3.05, 3.63) is 178 Å². The van der Waals surface area contributed by atoms with Crippen molar-refractivity contribution in [1.29, 1.82) is 0 Å². The van der Waals surface area contributed by atoms with Gasteiger partial charge in [-0.15, -0.1) is 0 Å². The van der Waals surface area contributed by atoms with Crippen LogP contribution < -0.4 is 0 Å². The number of hydrogen-bond acceptors (Lipinski definition) is 0. The van der Waals surface area contributed by atoms with E-state index in [4.69, 9.17) is 0 Å². The van der Waals surface area contributed by atoms with Crippen LogP contribution in [0.2, 0.25) is 0 Å². The van der Waals surface area contributed by atoms with E-state index in [-0.39, 0.29) is 0 Å². The molecule has 7 aromatic carbocycles. The van der Waals surface area contributed by atoms with Gasteiger partial charge in [-0.1, -0.05) is 249 Å². The van der Waals surface area contributed by atoms with E-state index in [1.54, 1.807) is 33.4 Å². The molecule has 0 atom stereocenters. The van der Waals surface area contributed by atoms with Crippen LogP contribution in [0, 0.1) is 13.8 Å². The van der Waals surface area contributed by atoms with Gasteiger partial charge >= 0.3 is 0 Å². The Kier molecular flexibility index (Phi) is 16.8. The first-order valence-corrected chi connectivity index (χ1v) is 33.4. The molecule has 0 aliphatic heterocycles. The summed E-state index contributed by atoms with van der Waals surface area (Å²) in [6, 6.07) is 55.4. The predicted octanol–water partition coefficient (Wildman–Crippen LogP) is 24.6. The third-order valence-corrected chi connectivity index (χ3v) is 21.8. The summed E-state index contributed by atoms with van der Waals surface area (Å²) in [5, 5.41) is 0. The van der Waals surface area contributed by atoms with Gasteiger partial charge in [-0.05, 0) is 238 Å². The summed E-state index contributed by atoms with van der Waals surface area (Å²) in [6.45, 7) is 5.19. The zero-order valence-electron chi connectivity index (χ0n) is 49.4. The minimum absolute atomic E-state index is 0.604. The van der Waals surface area contributed by atoms with E-state index >= 15 is 0 Å². The number of hydrogen-bond donors (Lipinski definition) is 0. The van der Waals surface area contributed by atoms with E-state index in [2.05, 4.69) is 147 Å². The molecule has 0 heteroatoms. The highest BCUT2D eigenvalue weighted by Crippen LogP contribution is 2.55. The Morgan fingerprint density at radius 1 is 0.225 bits per heavy atom. The van der Waals surface area contributed by atoms with Gasteiger partial charge in [0.05, 0.1) is 0 Å². The molecule has 13 rings (SSSR count). The van der Waals surface area contributed by atoms with Crippen molar-refractivity contribution in [1.82, 2.24) is 0 Å². The molecule has 0 amide bonds. The Morgan fingerprint density at radius 2 is 0.463 bits per heavy atom. The second kappa shape index (κ2) is 24.9. The lowest BCUT2D eigenvalue weighted by atomic mass is 9.72. The topological polar surface area (TPSA) is 0 Å². The van der Waals surface area contributed by atoms with Crippen LogP contribution >= 0.6 is 0 Å². The highest BCUT2D eigenvalue weighted by atomic mass is 14.4. The molecule has 6 saturated carbocycles. The summed E-state index contributed by atoms with van der Waals surface area (Å²) < 4.78 is 0. The van der Waals surface area contributed by atoms with Gasteiger partial charge in [0.15, 0.2) is 0 Å². The lowest BCUT2D eigenvalue weighted by Gasteiger charge is -2.31. The molecule has 0 nitrogen and oxygen atoms in total. The van der Waals surface area contributed by atoms with Crippen molar-refractivity contribution < 1.29 is 0 Å². The normalized spacial score (nSPS) is 19.8. The van der Waals surface area contributed by atoms with Gasteiger partial charge in [0, 0.05) is 0 Å². The predicted molar refractivity (Wildman–Crippen MR) is 343 cm³/mol. The van der Waals surface area contributed by atoms with Gasteiger partial charge in [0.1, 0.15) is 0 Å². The maximum absolute atomic E-state index is 2.75. The van der Waals surface area contributed by atoms with E-state index < -0.39 is 0 Å². The highest BCUT2D eigenvalue weighted by Gasteiger charge is 2.32. The number of rotatable bonds is 12. The molecule has 0 heterocycles. The Morgan fingerprint density at radius 3 is 0.750 bits per heavy atom. The van der Waals surface area contributed by atoms with E-state index in [1.165, 1.54) is 271 Å². The SMILES string of the molecule is Cc1c(-c2cc(C3CCCCC3)cc(C3CCCCC3)c2)c(-c2ccccc2-c2ccccc2C2CCCCC2)c(C)c(-c2cc(C3CCCCC3)cc(C3CCCCC3)c2)c1-c1ccccc1-c1ccccc1C1CCCCC1. The van der Waals surface area contributed by atoms with E-state index in [1.807, 2.05) is 0 Å². The summed E-state index contributed by atoms with van der Waals surface area (Å²) in [7, 11) is 0. The first-order chi connectivity index (χ1) is 39.6. The summed E-state index contributed by atoms with van der Waals surface area (Å²) in [5.41, 5.74) is 29.9. The fraction of sp³-hybridized carbons (Fsp3) is 0.475. The first kappa shape index (κ1) is 53.8. The van der Waals surface area contributed by atoms with Gasteiger partial charge in [-0.25, -0.2) is 0 Å². The molecule has 6 aliphatic rings. The third kappa shape index (κ3) is 11.1. The maximum atomic E-state index is 2.75. The standard InChI is InChI=1S/C80H94/c1-55-77(67-51-63(57-29-9-3-10-30-57)49-64(52-67)58-31-11-4-12-32-58)80(76-48-28-26-46-74(76)72-44-24-22-42-70(72)62-39-19-8-20-40-62)56(2)78(68-53-65(59-33-13-5-14-34-59)50-66(54-68)60-35-15-6-16-36-60)79(55)75-47-27-25-45-73(75)71-43-23-21-41-69(71)61-37-17-7-18-38-61/h21-28,41-54,57-62H,3-20,29-40H2,1-2H3. The molecular formula is C80H94. The van der Waals surface area contributed by atoms with Crippen molar-refractivity contribution in [2.75, 3.05) is 0 Å². The fourth-order valence-electron chi connectivity index (χ4n) is 17.6. The molecule has 0 bridgehead atoms. The Bertz CT molecular complexity index is 2940. The summed E-state index contributed by atoms with van der Waals surface area (Å²) in [6.07, 6.45) is 40.2. The van der Waals surface area contributed by atoms with Gasteiger partial charge in [0.2, 0.25) is 0 Å². The second-order valence-electron chi connectivity index (χ2n) is 26.8. The minimum atomic E-state index is 0.604. The minimum Gasteiger partial charge on any atom is -0.0619 e. The van der Waals surface area contributed by atoms with Crippen LogP contribution in [-0.4, -0.2) is 0 Å².